The van der Waals surface area contributed by atoms with Gasteiger partial charge in [-0.2, -0.15) is 0 Å². The van der Waals surface area contributed by atoms with Crippen LogP contribution in [0.15, 0.2) is 23.4 Å². The molecule has 1 N–H and O–H groups in total. The number of benzene rings is 1. The van der Waals surface area contributed by atoms with Crippen LogP contribution in [0, 0.1) is 0 Å². The first-order valence-corrected chi connectivity index (χ1v) is 7.61. The molecule has 1 aromatic heterocycles. The number of fused-ring (bicyclic) bond motifs is 1. The van der Waals surface area contributed by atoms with Crippen molar-refractivity contribution in [1.82, 2.24) is 14.9 Å². The van der Waals surface area contributed by atoms with E-state index in [1.54, 1.807) is 12.1 Å². The summed E-state index contributed by atoms with van der Waals surface area (Å²) < 4.78 is 0. The number of amides is 2. The number of aromatic amines is 1. The van der Waals surface area contributed by atoms with Crippen molar-refractivity contribution in [2.24, 2.45) is 0 Å². The van der Waals surface area contributed by atoms with Crippen LogP contribution >= 0.6 is 23.4 Å². The zero-order chi connectivity index (χ0) is 14.1. The molecule has 5 nitrogen and oxygen atoms in total. The zero-order valence-corrected chi connectivity index (χ0v) is 12.1. The van der Waals surface area contributed by atoms with Crippen LogP contribution in [0.1, 0.15) is 12.8 Å². The van der Waals surface area contributed by atoms with Gasteiger partial charge in [0.2, 0.25) is 11.8 Å². The van der Waals surface area contributed by atoms with Crippen molar-refractivity contribution in [2.45, 2.75) is 18.0 Å². The standard InChI is InChI=1S/C13H12ClN3O2S/c14-8-3-4-9-10(6-8)16-13(15-9)20-7-12(19)17-5-1-2-11(17)18/h3-4,6H,1-2,5,7H2,(H,15,16). The van der Waals surface area contributed by atoms with Gasteiger partial charge in [-0.3, -0.25) is 14.5 Å². The molecule has 0 unspecified atom stereocenters. The van der Waals surface area contributed by atoms with Gasteiger partial charge in [0.25, 0.3) is 0 Å². The van der Waals surface area contributed by atoms with E-state index < -0.39 is 0 Å². The Balaban J connectivity index is 1.67. The molecule has 0 saturated carbocycles. The third-order valence-electron chi connectivity index (χ3n) is 3.13. The van der Waals surface area contributed by atoms with E-state index >= 15 is 0 Å². The minimum absolute atomic E-state index is 0.0769. The zero-order valence-electron chi connectivity index (χ0n) is 10.6. The second-order valence-electron chi connectivity index (χ2n) is 4.53. The lowest BCUT2D eigenvalue weighted by molar-refractivity contribution is -0.140. The molecule has 1 fully saturated rings. The third kappa shape index (κ3) is 2.66. The summed E-state index contributed by atoms with van der Waals surface area (Å²) in [6.45, 7) is 0.536. The van der Waals surface area contributed by atoms with E-state index in [1.165, 1.54) is 16.7 Å². The summed E-state index contributed by atoms with van der Waals surface area (Å²) in [5.74, 6) is -0.0257. The number of rotatable bonds is 3. The molecule has 2 aromatic rings. The van der Waals surface area contributed by atoms with Gasteiger partial charge in [0, 0.05) is 18.0 Å². The number of nitrogens with one attached hydrogen (secondary N) is 1. The highest BCUT2D eigenvalue weighted by Crippen LogP contribution is 2.23. The number of nitrogens with zero attached hydrogens (tertiary/aromatic N) is 2. The summed E-state index contributed by atoms with van der Waals surface area (Å²) in [5, 5.41) is 1.29. The summed E-state index contributed by atoms with van der Waals surface area (Å²) in [6.07, 6.45) is 1.23. The van der Waals surface area contributed by atoms with Crippen molar-refractivity contribution in [3.8, 4) is 0 Å². The van der Waals surface area contributed by atoms with Crippen LogP contribution in [0.2, 0.25) is 5.02 Å². The molecule has 2 amide bonds. The average molecular weight is 310 g/mol. The number of hydrogen-bond donors (Lipinski definition) is 1. The number of carbonyl (C=O) groups excluding carboxylic acids is 2. The molecule has 3 rings (SSSR count). The molecule has 1 aliphatic rings. The number of H-pyrrole nitrogens is 1. The van der Waals surface area contributed by atoms with Crippen molar-refractivity contribution in [3.63, 3.8) is 0 Å². The van der Waals surface area contributed by atoms with Crippen LogP contribution in [-0.4, -0.2) is 39.0 Å². The summed E-state index contributed by atoms with van der Waals surface area (Å²) in [6, 6.07) is 5.39. The van der Waals surface area contributed by atoms with Gasteiger partial charge in [0.05, 0.1) is 16.8 Å². The van der Waals surface area contributed by atoms with Crippen molar-refractivity contribution < 1.29 is 9.59 Å². The largest absolute Gasteiger partial charge is 0.333 e. The molecule has 0 atom stereocenters. The number of imide groups is 1. The van der Waals surface area contributed by atoms with E-state index in [0.29, 0.717) is 23.1 Å². The Kier molecular flexibility index (Phi) is 3.67. The molecular formula is C13H12ClN3O2S. The van der Waals surface area contributed by atoms with Crippen LogP contribution in [0.3, 0.4) is 0 Å². The van der Waals surface area contributed by atoms with Crippen LogP contribution in [0.4, 0.5) is 0 Å². The van der Waals surface area contributed by atoms with Gasteiger partial charge in [-0.15, -0.1) is 0 Å². The van der Waals surface area contributed by atoms with Crippen LogP contribution in [0.25, 0.3) is 11.0 Å². The molecular weight excluding hydrogens is 298 g/mol. The first-order valence-electron chi connectivity index (χ1n) is 6.25. The molecule has 0 bridgehead atoms. The summed E-state index contributed by atoms with van der Waals surface area (Å²) in [5.41, 5.74) is 1.64. The molecule has 104 valence electrons. The van der Waals surface area contributed by atoms with Gasteiger partial charge in [0.15, 0.2) is 5.16 Å². The topological polar surface area (TPSA) is 66.1 Å². The number of halogens is 1. The lowest BCUT2D eigenvalue weighted by atomic mass is 10.3. The third-order valence-corrected chi connectivity index (χ3v) is 4.22. The van der Waals surface area contributed by atoms with E-state index in [0.717, 1.165) is 17.5 Å². The van der Waals surface area contributed by atoms with Crippen molar-refractivity contribution in [3.05, 3.63) is 23.2 Å². The predicted octanol–water partition coefficient (Wildman–Crippen LogP) is 2.46. The second-order valence-corrected chi connectivity index (χ2v) is 5.94. The lowest BCUT2D eigenvalue weighted by Crippen LogP contribution is -2.33. The first kappa shape index (κ1) is 13.5. The summed E-state index contributed by atoms with van der Waals surface area (Å²) in [7, 11) is 0. The molecule has 7 heteroatoms. The molecule has 2 heterocycles. The number of likely N-dealkylation sites (tertiary alicyclic amines) is 1. The smallest absolute Gasteiger partial charge is 0.239 e. The van der Waals surface area contributed by atoms with Crippen LogP contribution in [0.5, 0.6) is 0 Å². The minimum atomic E-state index is -0.156. The molecule has 0 spiro atoms. The predicted molar refractivity (Wildman–Crippen MR) is 77.8 cm³/mol. The van der Waals surface area contributed by atoms with Gasteiger partial charge >= 0.3 is 0 Å². The Morgan fingerprint density at radius 1 is 1.50 bits per heavy atom. The maximum atomic E-state index is 11.9. The Labute approximate surface area is 124 Å². The molecule has 1 aliphatic heterocycles. The molecule has 20 heavy (non-hydrogen) atoms. The maximum Gasteiger partial charge on any atom is 0.239 e. The van der Waals surface area contributed by atoms with Gasteiger partial charge in [-0.05, 0) is 24.6 Å². The number of imidazole rings is 1. The Morgan fingerprint density at radius 2 is 2.35 bits per heavy atom. The van der Waals surface area contributed by atoms with Gasteiger partial charge in [-0.1, -0.05) is 23.4 Å². The highest BCUT2D eigenvalue weighted by Gasteiger charge is 2.26. The van der Waals surface area contributed by atoms with E-state index in [-0.39, 0.29) is 17.6 Å². The van der Waals surface area contributed by atoms with Gasteiger partial charge in [0.1, 0.15) is 0 Å². The van der Waals surface area contributed by atoms with E-state index in [9.17, 15) is 9.59 Å². The number of hydrogen-bond acceptors (Lipinski definition) is 4. The molecule has 0 radical (unpaired) electrons. The highest BCUT2D eigenvalue weighted by atomic mass is 35.5. The SMILES string of the molecule is O=C1CCCN1C(=O)CSc1nc2ccc(Cl)cc2[nH]1. The Morgan fingerprint density at radius 3 is 3.10 bits per heavy atom. The summed E-state index contributed by atoms with van der Waals surface area (Å²) >= 11 is 7.20. The fraction of sp³-hybridized carbons (Fsp3) is 0.308. The van der Waals surface area contributed by atoms with Gasteiger partial charge < -0.3 is 4.98 Å². The number of aromatic nitrogens is 2. The fourth-order valence-electron chi connectivity index (χ4n) is 2.15. The first-order chi connectivity index (χ1) is 9.63. The molecule has 0 aliphatic carbocycles. The Hall–Kier alpha value is -1.53. The molecule has 1 saturated heterocycles. The van der Waals surface area contributed by atoms with E-state index in [4.69, 9.17) is 11.6 Å². The van der Waals surface area contributed by atoms with Crippen molar-refractivity contribution in [2.75, 3.05) is 12.3 Å². The Bertz CT molecular complexity index is 685. The highest BCUT2D eigenvalue weighted by molar-refractivity contribution is 7.99. The van der Waals surface area contributed by atoms with E-state index in [1.807, 2.05) is 6.07 Å². The normalized spacial score (nSPS) is 15.2. The van der Waals surface area contributed by atoms with E-state index in [2.05, 4.69) is 9.97 Å². The lowest BCUT2D eigenvalue weighted by Gasteiger charge is -2.12. The van der Waals surface area contributed by atoms with Gasteiger partial charge in [-0.25, -0.2) is 4.98 Å². The van der Waals surface area contributed by atoms with Crippen LogP contribution in [-0.2, 0) is 9.59 Å². The minimum Gasteiger partial charge on any atom is -0.333 e. The van der Waals surface area contributed by atoms with Crippen LogP contribution < -0.4 is 0 Å². The fourth-order valence-corrected chi connectivity index (χ4v) is 3.08. The number of thioether (sulfide) groups is 1. The maximum absolute atomic E-state index is 11.9. The average Bonchev–Trinajstić information content (AvgIpc) is 3.01. The summed E-state index contributed by atoms with van der Waals surface area (Å²) in [4.78, 5) is 32.2. The van der Waals surface area contributed by atoms with Crippen molar-refractivity contribution >= 4 is 46.2 Å². The monoisotopic (exact) mass is 309 g/mol. The second kappa shape index (κ2) is 5.46. The van der Waals surface area contributed by atoms with Crippen molar-refractivity contribution in [1.29, 1.82) is 0 Å². The quantitative estimate of drug-likeness (QED) is 0.885. The molecule has 1 aromatic carbocycles. The number of carbonyl (C=O) groups is 2.